The minimum Gasteiger partial charge on any atom is -0.366 e. The topological polar surface area (TPSA) is 68.2 Å². The van der Waals surface area contributed by atoms with E-state index in [-0.39, 0.29) is 18.1 Å². The first-order valence-electron chi connectivity index (χ1n) is 6.91. The summed E-state index contributed by atoms with van der Waals surface area (Å²) in [4.78, 5) is 26.5. The van der Waals surface area contributed by atoms with Gasteiger partial charge in [0.2, 0.25) is 0 Å². The van der Waals surface area contributed by atoms with Crippen molar-refractivity contribution in [1.29, 1.82) is 0 Å². The third-order valence-electron chi connectivity index (χ3n) is 4.03. The van der Waals surface area contributed by atoms with Gasteiger partial charge in [0, 0.05) is 43.0 Å². The third kappa shape index (κ3) is 2.32. The van der Waals surface area contributed by atoms with Crippen molar-refractivity contribution in [2.45, 2.75) is 18.6 Å². The van der Waals surface area contributed by atoms with E-state index in [1.165, 1.54) is 6.20 Å². The SMILES string of the molecule is O=C(c1cnccn1)N1C[C@@H]2C[C@@H](c3nccs3)O[C@@H]2C1. The Morgan fingerprint density at radius 1 is 1.29 bits per heavy atom. The predicted molar refractivity (Wildman–Crippen MR) is 75.8 cm³/mol. The number of hydrogen-bond donors (Lipinski definition) is 0. The summed E-state index contributed by atoms with van der Waals surface area (Å²) in [7, 11) is 0. The molecular weight excluding hydrogens is 288 g/mol. The van der Waals surface area contributed by atoms with Crippen molar-refractivity contribution in [3.05, 3.63) is 40.9 Å². The lowest BCUT2D eigenvalue weighted by molar-refractivity contribution is 0.0352. The summed E-state index contributed by atoms with van der Waals surface area (Å²) in [5, 5.41) is 3.01. The summed E-state index contributed by atoms with van der Waals surface area (Å²) in [6.45, 7) is 1.35. The van der Waals surface area contributed by atoms with Gasteiger partial charge in [-0.1, -0.05) is 0 Å². The number of nitrogens with zero attached hydrogens (tertiary/aromatic N) is 4. The first-order chi connectivity index (χ1) is 10.3. The van der Waals surface area contributed by atoms with Crippen LogP contribution in [0, 0.1) is 5.92 Å². The van der Waals surface area contributed by atoms with Gasteiger partial charge in [0.25, 0.3) is 5.91 Å². The molecular formula is C14H14N4O2S. The number of likely N-dealkylation sites (tertiary alicyclic amines) is 1. The molecule has 0 bridgehead atoms. The Balaban J connectivity index is 1.43. The molecule has 6 nitrogen and oxygen atoms in total. The van der Waals surface area contributed by atoms with Crippen molar-refractivity contribution >= 4 is 17.2 Å². The van der Waals surface area contributed by atoms with Crippen LogP contribution in [-0.2, 0) is 4.74 Å². The van der Waals surface area contributed by atoms with Gasteiger partial charge in [-0.05, 0) is 6.42 Å². The number of ether oxygens (including phenoxy) is 1. The highest BCUT2D eigenvalue weighted by Gasteiger charge is 2.44. The first kappa shape index (κ1) is 12.8. The molecule has 2 saturated heterocycles. The lowest BCUT2D eigenvalue weighted by Gasteiger charge is -2.18. The minimum absolute atomic E-state index is 0.0631. The number of fused-ring (bicyclic) bond motifs is 1. The third-order valence-corrected chi connectivity index (χ3v) is 4.90. The molecule has 2 aromatic heterocycles. The number of thiazole rings is 1. The Morgan fingerprint density at radius 2 is 2.24 bits per heavy atom. The maximum absolute atomic E-state index is 12.3. The van der Waals surface area contributed by atoms with E-state index >= 15 is 0 Å². The zero-order valence-electron chi connectivity index (χ0n) is 11.3. The average molecular weight is 302 g/mol. The van der Waals surface area contributed by atoms with Gasteiger partial charge in [0.05, 0.1) is 12.3 Å². The van der Waals surface area contributed by atoms with Gasteiger partial charge >= 0.3 is 0 Å². The number of carbonyl (C=O) groups excluding carboxylic acids is 1. The Morgan fingerprint density at radius 3 is 2.95 bits per heavy atom. The molecule has 7 heteroatoms. The fourth-order valence-corrected chi connectivity index (χ4v) is 3.74. The van der Waals surface area contributed by atoms with Crippen LogP contribution in [-0.4, -0.2) is 45.0 Å². The van der Waals surface area contributed by atoms with Crippen LogP contribution in [0.3, 0.4) is 0 Å². The van der Waals surface area contributed by atoms with Crippen molar-refractivity contribution in [2.75, 3.05) is 13.1 Å². The van der Waals surface area contributed by atoms with E-state index in [1.807, 2.05) is 10.3 Å². The van der Waals surface area contributed by atoms with Crippen molar-refractivity contribution in [3.8, 4) is 0 Å². The molecule has 0 N–H and O–H groups in total. The van der Waals surface area contributed by atoms with Crippen LogP contribution in [0.5, 0.6) is 0 Å². The number of hydrogen-bond acceptors (Lipinski definition) is 6. The highest BCUT2D eigenvalue weighted by atomic mass is 32.1. The molecule has 0 unspecified atom stereocenters. The fourth-order valence-electron chi connectivity index (χ4n) is 3.05. The van der Waals surface area contributed by atoms with Crippen LogP contribution in [0.1, 0.15) is 28.0 Å². The molecule has 0 spiro atoms. The van der Waals surface area contributed by atoms with E-state index < -0.39 is 0 Å². The lowest BCUT2D eigenvalue weighted by atomic mass is 10.0. The van der Waals surface area contributed by atoms with E-state index in [9.17, 15) is 4.79 Å². The van der Waals surface area contributed by atoms with E-state index in [1.54, 1.807) is 29.9 Å². The van der Waals surface area contributed by atoms with Gasteiger partial charge < -0.3 is 9.64 Å². The average Bonchev–Trinajstić information content (AvgIpc) is 3.22. The van der Waals surface area contributed by atoms with E-state index in [0.717, 1.165) is 18.0 Å². The van der Waals surface area contributed by atoms with E-state index in [2.05, 4.69) is 15.0 Å². The molecule has 0 aliphatic carbocycles. The second-order valence-electron chi connectivity index (χ2n) is 5.33. The molecule has 2 aliphatic heterocycles. The maximum Gasteiger partial charge on any atom is 0.274 e. The Labute approximate surface area is 125 Å². The maximum atomic E-state index is 12.3. The van der Waals surface area contributed by atoms with Crippen molar-refractivity contribution in [1.82, 2.24) is 19.9 Å². The molecule has 2 fully saturated rings. The van der Waals surface area contributed by atoms with Gasteiger partial charge in [0.15, 0.2) is 0 Å². The zero-order chi connectivity index (χ0) is 14.2. The van der Waals surface area contributed by atoms with Gasteiger partial charge in [0.1, 0.15) is 16.8 Å². The lowest BCUT2D eigenvalue weighted by Crippen LogP contribution is -2.31. The molecule has 0 aromatic carbocycles. The van der Waals surface area contributed by atoms with Crippen LogP contribution in [0.2, 0.25) is 0 Å². The Bertz CT molecular complexity index is 620. The van der Waals surface area contributed by atoms with E-state index in [4.69, 9.17) is 4.74 Å². The van der Waals surface area contributed by atoms with Crippen LogP contribution in [0.4, 0.5) is 0 Å². The molecule has 2 aromatic rings. The van der Waals surface area contributed by atoms with Crippen LogP contribution in [0.15, 0.2) is 30.2 Å². The highest BCUT2D eigenvalue weighted by molar-refractivity contribution is 7.09. The van der Waals surface area contributed by atoms with Gasteiger partial charge in [-0.2, -0.15) is 0 Å². The van der Waals surface area contributed by atoms with Crippen LogP contribution < -0.4 is 0 Å². The number of carbonyl (C=O) groups is 1. The molecule has 2 aliphatic rings. The number of amides is 1. The number of aromatic nitrogens is 3. The normalized spacial score (nSPS) is 27.8. The van der Waals surface area contributed by atoms with E-state index in [0.29, 0.717) is 18.2 Å². The summed E-state index contributed by atoms with van der Waals surface area (Å²) < 4.78 is 6.06. The van der Waals surface area contributed by atoms with Crippen molar-refractivity contribution in [2.24, 2.45) is 5.92 Å². The minimum atomic E-state index is -0.0631. The molecule has 4 rings (SSSR count). The Hall–Kier alpha value is -1.86. The van der Waals surface area contributed by atoms with Crippen LogP contribution >= 0.6 is 11.3 Å². The fraction of sp³-hybridized carbons (Fsp3) is 0.429. The molecule has 108 valence electrons. The largest absolute Gasteiger partial charge is 0.366 e. The summed E-state index contributed by atoms with van der Waals surface area (Å²) in [5.41, 5.74) is 0.397. The summed E-state index contributed by atoms with van der Waals surface area (Å²) in [6.07, 6.45) is 7.56. The van der Waals surface area contributed by atoms with Crippen molar-refractivity contribution in [3.63, 3.8) is 0 Å². The standard InChI is InChI=1S/C14H14N4O2S/c19-14(10-6-15-1-2-16-10)18-7-9-5-11(20-12(9)8-18)13-17-3-4-21-13/h1-4,6,9,11-12H,5,7-8H2/t9-,11-,12+/m0/s1. The monoisotopic (exact) mass is 302 g/mol. The highest BCUT2D eigenvalue weighted by Crippen LogP contribution is 2.41. The molecule has 3 atom stereocenters. The quantitative estimate of drug-likeness (QED) is 0.841. The number of rotatable bonds is 2. The molecule has 4 heterocycles. The second kappa shape index (κ2) is 5.16. The Kier molecular flexibility index (Phi) is 3.16. The zero-order valence-corrected chi connectivity index (χ0v) is 12.1. The smallest absolute Gasteiger partial charge is 0.274 e. The first-order valence-corrected chi connectivity index (χ1v) is 7.79. The van der Waals surface area contributed by atoms with Gasteiger partial charge in [-0.25, -0.2) is 9.97 Å². The molecule has 21 heavy (non-hydrogen) atoms. The van der Waals surface area contributed by atoms with Gasteiger partial charge in [-0.15, -0.1) is 11.3 Å². The summed E-state index contributed by atoms with van der Waals surface area (Å²) in [6, 6.07) is 0. The second-order valence-corrected chi connectivity index (χ2v) is 6.26. The molecule has 0 radical (unpaired) electrons. The molecule has 0 saturated carbocycles. The van der Waals surface area contributed by atoms with Crippen LogP contribution in [0.25, 0.3) is 0 Å². The summed E-state index contributed by atoms with van der Waals surface area (Å²) >= 11 is 1.63. The van der Waals surface area contributed by atoms with Gasteiger partial charge in [-0.3, -0.25) is 9.78 Å². The van der Waals surface area contributed by atoms with Crippen molar-refractivity contribution < 1.29 is 9.53 Å². The predicted octanol–water partition coefficient (Wildman–Crippen LogP) is 1.54. The summed E-state index contributed by atoms with van der Waals surface area (Å²) in [5.74, 6) is 0.325. The molecule has 1 amide bonds.